The molecule has 1 saturated carbocycles. The van der Waals surface area contributed by atoms with Gasteiger partial charge in [0.05, 0.1) is 0 Å². The quantitative estimate of drug-likeness (QED) is 0.746. The molecule has 2 unspecified atom stereocenters. The highest BCUT2D eigenvalue weighted by Gasteiger charge is 2.38. The molecule has 2 aliphatic heterocycles. The maximum absolute atomic E-state index is 13.0. The number of aromatic nitrogens is 1. The van der Waals surface area contributed by atoms with Crippen molar-refractivity contribution in [2.45, 2.75) is 51.0 Å². The van der Waals surface area contributed by atoms with Crippen molar-refractivity contribution >= 4 is 23.5 Å². The number of aliphatic carboxylic acids is 1. The number of rotatable bonds is 2. The van der Waals surface area contributed by atoms with Crippen LogP contribution in [0.3, 0.4) is 0 Å². The number of likely N-dealkylation sites (tertiary alicyclic amines) is 1. The van der Waals surface area contributed by atoms with Gasteiger partial charge in [-0.3, -0.25) is 14.4 Å². The highest BCUT2D eigenvalue weighted by Crippen LogP contribution is 2.35. The fourth-order valence-corrected chi connectivity index (χ4v) is 4.94. The number of carboxylic acid groups (broad SMARTS) is 1. The minimum atomic E-state index is -1.45. The number of carbonyl (C=O) groups is 3. The van der Waals surface area contributed by atoms with Crippen LogP contribution in [0.2, 0.25) is 0 Å². The van der Waals surface area contributed by atoms with Crippen molar-refractivity contribution < 1.29 is 19.5 Å². The summed E-state index contributed by atoms with van der Waals surface area (Å²) in [5, 5.41) is 11.8. The predicted molar refractivity (Wildman–Crippen MR) is 101 cm³/mol. The number of amides is 2. The normalized spacial score (nSPS) is 24.4. The van der Waals surface area contributed by atoms with Crippen molar-refractivity contribution in [3.63, 3.8) is 0 Å². The van der Waals surface area contributed by atoms with Gasteiger partial charge < -0.3 is 19.9 Å². The number of nitrogens with zero attached hydrogens (tertiary/aromatic N) is 2. The van der Waals surface area contributed by atoms with Crippen LogP contribution in [0, 0.1) is 11.8 Å². The van der Waals surface area contributed by atoms with E-state index >= 15 is 0 Å². The first-order valence-corrected chi connectivity index (χ1v) is 10.0. The number of carbonyl (C=O) groups excluding carboxylic acids is 2. The Morgan fingerprint density at radius 2 is 1.79 bits per heavy atom. The average molecular weight is 387 g/mol. The lowest BCUT2D eigenvalue weighted by Gasteiger charge is -2.42. The molecule has 8 heteroatoms. The van der Waals surface area contributed by atoms with Crippen LogP contribution in [0.25, 0.3) is 0 Å². The van der Waals surface area contributed by atoms with Crippen LogP contribution in [-0.2, 0) is 20.9 Å². The molecule has 1 saturated heterocycles. The van der Waals surface area contributed by atoms with E-state index in [4.69, 9.17) is 5.11 Å². The van der Waals surface area contributed by atoms with E-state index in [1.165, 1.54) is 4.90 Å². The van der Waals surface area contributed by atoms with Crippen LogP contribution in [0.15, 0.2) is 16.9 Å². The van der Waals surface area contributed by atoms with E-state index in [0.717, 1.165) is 44.2 Å². The Labute approximate surface area is 162 Å². The van der Waals surface area contributed by atoms with Crippen molar-refractivity contribution in [3.05, 3.63) is 28.2 Å². The Balaban J connectivity index is 1.54. The summed E-state index contributed by atoms with van der Waals surface area (Å²) in [5.74, 6) is -2.46. The van der Waals surface area contributed by atoms with Gasteiger partial charge in [0.2, 0.25) is 5.91 Å². The molecular weight excluding hydrogens is 362 g/mol. The molecule has 150 valence electrons. The molecule has 1 aliphatic carbocycles. The molecule has 2 bridgehead atoms. The molecule has 8 nitrogen and oxygen atoms in total. The topological polar surface area (TPSA) is 109 Å². The highest BCUT2D eigenvalue weighted by atomic mass is 16.4. The SMILES string of the molecule is O=C(O)C(=O)N1CC2CC(C1)c1ccc(NC(=O)C3CCCCC3)c(=O)n1C2. The van der Waals surface area contributed by atoms with E-state index in [0.29, 0.717) is 25.3 Å². The Kier molecular flexibility index (Phi) is 4.95. The Hall–Kier alpha value is -2.64. The third kappa shape index (κ3) is 3.43. The summed E-state index contributed by atoms with van der Waals surface area (Å²) in [6, 6.07) is 3.47. The second-order valence-corrected chi connectivity index (χ2v) is 8.23. The smallest absolute Gasteiger partial charge is 0.394 e. The molecule has 0 spiro atoms. The van der Waals surface area contributed by atoms with Crippen LogP contribution < -0.4 is 10.9 Å². The number of carboxylic acids is 1. The molecule has 2 amide bonds. The third-order valence-corrected chi connectivity index (χ3v) is 6.31. The van der Waals surface area contributed by atoms with E-state index in [-0.39, 0.29) is 29.2 Å². The van der Waals surface area contributed by atoms with Crippen molar-refractivity contribution in [2.24, 2.45) is 11.8 Å². The zero-order valence-electron chi connectivity index (χ0n) is 15.7. The number of pyridine rings is 1. The summed E-state index contributed by atoms with van der Waals surface area (Å²) in [4.78, 5) is 49.7. The van der Waals surface area contributed by atoms with Crippen LogP contribution in [0.1, 0.15) is 50.1 Å². The molecule has 1 aromatic rings. The second kappa shape index (κ2) is 7.41. The average Bonchev–Trinajstić information content (AvgIpc) is 2.70. The molecule has 2 fully saturated rings. The predicted octanol–water partition coefficient (Wildman–Crippen LogP) is 1.40. The van der Waals surface area contributed by atoms with Gasteiger partial charge in [0.15, 0.2) is 0 Å². The number of fused-ring (bicyclic) bond motifs is 4. The second-order valence-electron chi connectivity index (χ2n) is 8.23. The summed E-state index contributed by atoms with van der Waals surface area (Å²) in [5.41, 5.74) is 0.895. The van der Waals surface area contributed by atoms with E-state index in [1.54, 1.807) is 10.6 Å². The van der Waals surface area contributed by atoms with Crippen molar-refractivity contribution in [2.75, 3.05) is 18.4 Å². The van der Waals surface area contributed by atoms with Crippen LogP contribution in [0.5, 0.6) is 0 Å². The molecule has 3 heterocycles. The summed E-state index contributed by atoms with van der Waals surface area (Å²) in [6.07, 6.45) is 5.84. The van der Waals surface area contributed by atoms with Gasteiger partial charge in [0, 0.05) is 37.2 Å². The van der Waals surface area contributed by atoms with Gasteiger partial charge in [-0.1, -0.05) is 19.3 Å². The van der Waals surface area contributed by atoms with Gasteiger partial charge in [-0.2, -0.15) is 0 Å². The highest BCUT2D eigenvalue weighted by molar-refractivity contribution is 6.31. The molecule has 0 radical (unpaired) electrons. The first-order chi connectivity index (χ1) is 13.4. The summed E-state index contributed by atoms with van der Waals surface area (Å²) < 4.78 is 1.69. The van der Waals surface area contributed by atoms with Crippen molar-refractivity contribution in [3.8, 4) is 0 Å². The van der Waals surface area contributed by atoms with Crippen molar-refractivity contribution in [1.29, 1.82) is 0 Å². The summed E-state index contributed by atoms with van der Waals surface area (Å²) in [7, 11) is 0. The molecule has 28 heavy (non-hydrogen) atoms. The fourth-order valence-electron chi connectivity index (χ4n) is 4.94. The van der Waals surface area contributed by atoms with E-state index < -0.39 is 11.9 Å². The molecule has 1 aromatic heterocycles. The standard InChI is InChI=1S/C20H25N3O5/c24-17(13-4-2-1-3-5-13)21-15-6-7-16-14-8-12(10-23(16)18(15)25)9-22(11-14)19(26)20(27)28/h6-7,12-14H,1-5,8-11H2,(H,21,24)(H,27,28). The van der Waals surface area contributed by atoms with Gasteiger partial charge in [0.1, 0.15) is 5.69 Å². The maximum atomic E-state index is 13.0. The minimum absolute atomic E-state index is 0.0239. The molecule has 2 N–H and O–H groups in total. The van der Waals surface area contributed by atoms with Gasteiger partial charge in [-0.15, -0.1) is 0 Å². The van der Waals surface area contributed by atoms with E-state index in [1.807, 2.05) is 6.07 Å². The lowest BCUT2D eigenvalue weighted by Crippen LogP contribution is -2.51. The first-order valence-electron chi connectivity index (χ1n) is 10.0. The zero-order chi connectivity index (χ0) is 19.8. The van der Waals surface area contributed by atoms with Gasteiger partial charge in [-0.25, -0.2) is 4.79 Å². The van der Waals surface area contributed by atoms with Gasteiger partial charge in [0.25, 0.3) is 5.56 Å². The lowest BCUT2D eigenvalue weighted by molar-refractivity contribution is -0.157. The monoisotopic (exact) mass is 387 g/mol. The number of hydrogen-bond acceptors (Lipinski definition) is 4. The number of hydrogen-bond donors (Lipinski definition) is 2. The van der Waals surface area contributed by atoms with E-state index in [2.05, 4.69) is 5.32 Å². The van der Waals surface area contributed by atoms with Crippen LogP contribution in [0.4, 0.5) is 5.69 Å². The zero-order valence-corrected chi connectivity index (χ0v) is 15.7. The Bertz CT molecular complexity index is 871. The molecular formula is C20H25N3O5. The lowest BCUT2D eigenvalue weighted by atomic mass is 9.83. The van der Waals surface area contributed by atoms with Gasteiger partial charge >= 0.3 is 11.9 Å². The Morgan fingerprint density at radius 3 is 2.50 bits per heavy atom. The summed E-state index contributed by atoms with van der Waals surface area (Å²) >= 11 is 0. The minimum Gasteiger partial charge on any atom is -0.474 e. The molecule has 3 aliphatic rings. The number of nitrogens with one attached hydrogen (secondary N) is 1. The van der Waals surface area contributed by atoms with Gasteiger partial charge in [-0.05, 0) is 37.3 Å². The Morgan fingerprint density at radius 1 is 1.04 bits per heavy atom. The fraction of sp³-hybridized carbons (Fsp3) is 0.600. The number of anilines is 1. The summed E-state index contributed by atoms with van der Waals surface area (Å²) in [6.45, 7) is 1.07. The van der Waals surface area contributed by atoms with E-state index in [9.17, 15) is 19.2 Å². The molecule has 2 atom stereocenters. The molecule has 4 rings (SSSR count). The van der Waals surface area contributed by atoms with Crippen molar-refractivity contribution in [1.82, 2.24) is 9.47 Å². The largest absolute Gasteiger partial charge is 0.474 e. The maximum Gasteiger partial charge on any atom is 0.394 e. The molecule has 0 aromatic carbocycles. The third-order valence-electron chi connectivity index (χ3n) is 6.31. The first kappa shape index (κ1) is 18.7. The van der Waals surface area contributed by atoms with Crippen LogP contribution >= 0.6 is 0 Å². The van der Waals surface area contributed by atoms with Crippen LogP contribution in [-0.4, -0.2) is 45.4 Å². The number of piperidine rings is 1.